The molecule has 1 saturated heterocycles. The van der Waals surface area contributed by atoms with Gasteiger partial charge in [0.2, 0.25) is 5.91 Å². The third-order valence-electron chi connectivity index (χ3n) is 5.76. The van der Waals surface area contributed by atoms with E-state index < -0.39 is 6.04 Å². The zero-order valence-corrected chi connectivity index (χ0v) is 18.5. The highest BCUT2D eigenvalue weighted by Gasteiger charge is 2.26. The largest absolute Gasteiger partial charge is 0.368 e. The molecule has 1 fully saturated rings. The van der Waals surface area contributed by atoms with Crippen molar-refractivity contribution in [2.24, 2.45) is 0 Å². The van der Waals surface area contributed by atoms with Crippen LogP contribution >= 0.6 is 11.6 Å². The summed E-state index contributed by atoms with van der Waals surface area (Å²) in [7, 11) is 0. The van der Waals surface area contributed by atoms with Crippen LogP contribution < -0.4 is 10.2 Å². The predicted molar refractivity (Wildman–Crippen MR) is 128 cm³/mol. The molecule has 2 amide bonds. The normalized spacial score (nSPS) is 14.7. The first kappa shape index (κ1) is 21.9. The summed E-state index contributed by atoms with van der Waals surface area (Å²) in [4.78, 5) is 30.2. The number of halogens is 1. The molecule has 0 bridgehead atoms. The molecule has 0 saturated carbocycles. The van der Waals surface area contributed by atoms with E-state index in [-0.39, 0.29) is 18.2 Å². The standard InChI is InChI=1S/C26H26ClN3O2/c27-23-14-8-7-13-22(23)26(32)28-24(20-9-3-1-4-10-20)19-25(31)30-17-15-29(16-18-30)21-11-5-2-6-12-21/h1-14,24H,15-19H2,(H,28,32)/t24-/m1/s1. The zero-order chi connectivity index (χ0) is 22.3. The lowest BCUT2D eigenvalue weighted by atomic mass is 10.0. The highest BCUT2D eigenvalue weighted by molar-refractivity contribution is 6.33. The van der Waals surface area contributed by atoms with Gasteiger partial charge in [0.1, 0.15) is 0 Å². The molecule has 4 rings (SSSR count). The molecular weight excluding hydrogens is 422 g/mol. The fourth-order valence-corrected chi connectivity index (χ4v) is 4.20. The number of nitrogens with zero attached hydrogens (tertiary/aromatic N) is 2. The molecule has 0 radical (unpaired) electrons. The molecule has 0 aliphatic carbocycles. The van der Waals surface area contributed by atoms with Crippen molar-refractivity contribution >= 4 is 29.1 Å². The molecule has 6 heteroatoms. The van der Waals surface area contributed by atoms with Gasteiger partial charge in [-0.1, -0.05) is 72.3 Å². The number of hydrogen-bond donors (Lipinski definition) is 1. The summed E-state index contributed by atoms with van der Waals surface area (Å²) >= 11 is 6.20. The number of piperazine rings is 1. The highest BCUT2D eigenvalue weighted by atomic mass is 35.5. The Kier molecular flexibility index (Phi) is 7.07. The molecule has 32 heavy (non-hydrogen) atoms. The van der Waals surface area contributed by atoms with Crippen molar-refractivity contribution in [2.45, 2.75) is 12.5 Å². The SMILES string of the molecule is O=C(N[C@H](CC(=O)N1CCN(c2ccccc2)CC1)c1ccccc1)c1ccccc1Cl. The van der Waals surface area contributed by atoms with E-state index in [1.807, 2.05) is 53.4 Å². The predicted octanol–water partition coefficient (Wildman–Crippen LogP) is 4.55. The van der Waals surface area contributed by atoms with Crippen molar-refractivity contribution in [1.29, 1.82) is 0 Å². The summed E-state index contributed by atoms with van der Waals surface area (Å²) in [6.07, 6.45) is 0.200. The minimum atomic E-state index is -0.431. The summed E-state index contributed by atoms with van der Waals surface area (Å²) in [6, 6.07) is 26.3. The van der Waals surface area contributed by atoms with Crippen LogP contribution in [0, 0.1) is 0 Å². The molecule has 3 aromatic carbocycles. The van der Waals surface area contributed by atoms with Gasteiger partial charge < -0.3 is 15.1 Å². The van der Waals surface area contributed by atoms with Gasteiger partial charge in [-0.3, -0.25) is 9.59 Å². The van der Waals surface area contributed by atoms with E-state index in [1.165, 1.54) is 5.69 Å². The number of rotatable bonds is 6. The first-order valence-electron chi connectivity index (χ1n) is 10.8. The van der Waals surface area contributed by atoms with E-state index in [9.17, 15) is 9.59 Å². The van der Waals surface area contributed by atoms with Gasteiger partial charge in [-0.25, -0.2) is 0 Å². The maximum Gasteiger partial charge on any atom is 0.253 e. The van der Waals surface area contributed by atoms with Gasteiger partial charge in [0.25, 0.3) is 5.91 Å². The number of carbonyl (C=O) groups is 2. The molecule has 164 valence electrons. The maximum absolute atomic E-state index is 13.1. The van der Waals surface area contributed by atoms with Crippen molar-refractivity contribution in [1.82, 2.24) is 10.2 Å². The van der Waals surface area contributed by atoms with Crippen LogP contribution in [0.15, 0.2) is 84.9 Å². The second kappa shape index (κ2) is 10.3. The van der Waals surface area contributed by atoms with Gasteiger partial charge in [-0.2, -0.15) is 0 Å². The smallest absolute Gasteiger partial charge is 0.253 e. The topological polar surface area (TPSA) is 52.7 Å². The van der Waals surface area contributed by atoms with Gasteiger partial charge in [-0.05, 0) is 29.8 Å². The van der Waals surface area contributed by atoms with Crippen LogP contribution in [0.5, 0.6) is 0 Å². The molecule has 1 atom stereocenters. The highest BCUT2D eigenvalue weighted by Crippen LogP contribution is 2.22. The fourth-order valence-electron chi connectivity index (χ4n) is 3.98. The Morgan fingerprint density at radius 3 is 2.06 bits per heavy atom. The van der Waals surface area contributed by atoms with Crippen LogP contribution in [0.1, 0.15) is 28.4 Å². The van der Waals surface area contributed by atoms with Crippen molar-refractivity contribution in [3.8, 4) is 0 Å². The Hall–Kier alpha value is -3.31. The minimum Gasteiger partial charge on any atom is -0.368 e. The van der Waals surface area contributed by atoms with Crippen molar-refractivity contribution < 1.29 is 9.59 Å². The monoisotopic (exact) mass is 447 g/mol. The van der Waals surface area contributed by atoms with Crippen LogP contribution in [-0.2, 0) is 4.79 Å². The summed E-state index contributed by atoms with van der Waals surface area (Å²) in [5, 5.41) is 3.40. The van der Waals surface area contributed by atoms with Gasteiger partial charge in [0, 0.05) is 31.9 Å². The molecule has 0 spiro atoms. The lowest BCUT2D eigenvalue weighted by molar-refractivity contribution is -0.132. The number of amides is 2. The van der Waals surface area contributed by atoms with E-state index in [0.29, 0.717) is 23.7 Å². The Morgan fingerprint density at radius 1 is 0.812 bits per heavy atom. The summed E-state index contributed by atoms with van der Waals surface area (Å²) in [5.41, 5.74) is 2.47. The number of para-hydroxylation sites is 1. The van der Waals surface area contributed by atoms with Crippen molar-refractivity contribution in [3.63, 3.8) is 0 Å². The summed E-state index contributed by atoms with van der Waals surface area (Å²) in [6.45, 7) is 2.90. The van der Waals surface area contributed by atoms with Gasteiger partial charge in [0.05, 0.1) is 23.0 Å². The summed E-state index contributed by atoms with van der Waals surface area (Å²) in [5.74, 6) is -0.253. The summed E-state index contributed by atoms with van der Waals surface area (Å²) < 4.78 is 0. The van der Waals surface area contributed by atoms with Crippen LogP contribution in [-0.4, -0.2) is 42.9 Å². The van der Waals surface area contributed by atoms with E-state index in [2.05, 4.69) is 22.3 Å². The van der Waals surface area contributed by atoms with Crippen LogP contribution in [0.3, 0.4) is 0 Å². The van der Waals surface area contributed by atoms with E-state index in [0.717, 1.165) is 18.7 Å². The molecular formula is C26H26ClN3O2. The quantitative estimate of drug-likeness (QED) is 0.603. The van der Waals surface area contributed by atoms with Crippen LogP contribution in [0.2, 0.25) is 5.02 Å². The van der Waals surface area contributed by atoms with Gasteiger partial charge in [-0.15, -0.1) is 0 Å². The van der Waals surface area contributed by atoms with Gasteiger partial charge >= 0.3 is 0 Å². The van der Waals surface area contributed by atoms with Crippen molar-refractivity contribution in [2.75, 3.05) is 31.1 Å². The zero-order valence-electron chi connectivity index (χ0n) is 17.8. The molecule has 1 aliphatic heterocycles. The molecule has 0 unspecified atom stereocenters. The Morgan fingerprint density at radius 2 is 1.41 bits per heavy atom. The molecule has 3 aromatic rings. The lowest BCUT2D eigenvalue weighted by Gasteiger charge is -2.36. The Labute approximate surface area is 193 Å². The molecule has 5 nitrogen and oxygen atoms in total. The lowest BCUT2D eigenvalue weighted by Crippen LogP contribution is -2.49. The van der Waals surface area contributed by atoms with E-state index in [4.69, 9.17) is 11.6 Å². The number of anilines is 1. The average molecular weight is 448 g/mol. The maximum atomic E-state index is 13.1. The molecule has 1 heterocycles. The minimum absolute atomic E-state index is 0.0334. The van der Waals surface area contributed by atoms with Crippen LogP contribution in [0.4, 0.5) is 5.69 Å². The second-order valence-corrected chi connectivity index (χ2v) is 8.23. The molecule has 1 N–H and O–H groups in total. The van der Waals surface area contributed by atoms with E-state index in [1.54, 1.807) is 24.3 Å². The van der Waals surface area contributed by atoms with E-state index >= 15 is 0 Å². The van der Waals surface area contributed by atoms with Crippen LogP contribution in [0.25, 0.3) is 0 Å². The third kappa shape index (κ3) is 5.29. The molecule has 0 aromatic heterocycles. The Bertz CT molecular complexity index is 1050. The fraction of sp³-hybridized carbons (Fsp3) is 0.231. The second-order valence-electron chi connectivity index (χ2n) is 7.82. The first-order chi connectivity index (χ1) is 15.6. The van der Waals surface area contributed by atoms with Gasteiger partial charge in [0.15, 0.2) is 0 Å². The average Bonchev–Trinajstić information content (AvgIpc) is 2.85. The first-order valence-corrected chi connectivity index (χ1v) is 11.2. The number of hydrogen-bond acceptors (Lipinski definition) is 3. The number of carbonyl (C=O) groups excluding carboxylic acids is 2. The number of nitrogens with one attached hydrogen (secondary N) is 1. The van der Waals surface area contributed by atoms with Crippen molar-refractivity contribution in [3.05, 3.63) is 101 Å². The Balaban J connectivity index is 1.43. The number of benzene rings is 3. The molecule has 1 aliphatic rings. The third-order valence-corrected chi connectivity index (χ3v) is 6.09.